The van der Waals surface area contributed by atoms with Gasteiger partial charge in [-0.25, -0.2) is 4.98 Å². The fraction of sp³-hybridized carbons (Fsp3) is 0.0385. The minimum atomic E-state index is -0.527. The van der Waals surface area contributed by atoms with Gasteiger partial charge in [-0.3, -0.25) is 4.98 Å². The van der Waals surface area contributed by atoms with Crippen molar-refractivity contribution in [2.45, 2.75) is 5.41 Å². The molecular formula is C52H34N5-. The fourth-order valence-corrected chi connectivity index (χ4v) is 9.58. The molecule has 0 atom stereocenters. The van der Waals surface area contributed by atoms with E-state index in [0.717, 1.165) is 72.5 Å². The highest BCUT2D eigenvalue weighted by atomic mass is 15.1. The van der Waals surface area contributed by atoms with E-state index in [0.29, 0.717) is 6.54 Å². The van der Waals surface area contributed by atoms with E-state index in [-0.39, 0.29) is 0 Å². The molecule has 0 radical (unpaired) electrons. The van der Waals surface area contributed by atoms with E-state index in [1.165, 1.54) is 27.8 Å². The molecule has 0 N–H and O–H groups in total. The van der Waals surface area contributed by atoms with Crippen molar-refractivity contribution in [1.29, 1.82) is 0 Å². The van der Waals surface area contributed by atoms with Crippen LogP contribution in [0.1, 0.15) is 27.9 Å². The third-order valence-electron chi connectivity index (χ3n) is 12.0. The standard InChI is InChI=1S/C52H34N5/c1-3-13-36(14-4-1)52(37-15-5-2-6-16-37)42-19-9-7-17-40(42)48-43(52)33-47-49(55-48)41-18-8-10-20-44(41)56(47)38-27-23-34(24-28-38)35-25-29-39(30-26-35)57-45-21-11-31-53-50(45)51-46(57)22-12-32-54-51/h1-31,33H,32H2/q-1. The molecule has 0 saturated carbocycles. The lowest BCUT2D eigenvalue weighted by Gasteiger charge is -2.33. The van der Waals surface area contributed by atoms with Crippen molar-refractivity contribution in [3.8, 4) is 33.8 Å². The summed E-state index contributed by atoms with van der Waals surface area (Å²) in [6.45, 7) is 0.682. The van der Waals surface area contributed by atoms with Crippen molar-refractivity contribution in [1.82, 2.24) is 19.1 Å². The Morgan fingerprint density at radius 1 is 0.526 bits per heavy atom. The Morgan fingerprint density at radius 3 is 1.89 bits per heavy atom. The van der Waals surface area contributed by atoms with Crippen LogP contribution in [-0.2, 0) is 5.41 Å². The number of hydrogen-bond acceptors (Lipinski definition) is 2. The molecule has 0 unspecified atom stereocenters. The summed E-state index contributed by atoms with van der Waals surface area (Å²) in [5.41, 5.74) is 18.4. The van der Waals surface area contributed by atoms with Crippen LogP contribution < -0.4 is 0 Å². The van der Waals surface area contributed by atoms with Crippen molar-refractivity contribution in [2.75, 3.05) is 6.54 Å². The van der Waals surface area contributed by atoms with Gasteiger partial charge in [0.2, 0.25) is 0 Å². The molecule has 2 aliphatic rings. The van der Waals surface area contributed by atoms with Crippen LogP contribution in [0, 0.1) is 0 Å². The van der Waals surface area contributed by atoms with Crippen molar-refractivity contribution in [3.05, 3.63) is 221 Å². The van der Waals surface area contributed by atoms with Gasteiger partial charge >= 0.3 is 0 Å². The first-order valence-electron chi connectivity index (χ1n) is 19.5. The predicted octanol–water partition coefficient (Wildman–Crippen LogP) is 12.6. The van der Waals surface area contributed by atoms with Crippen molar-refractivity contribution in [3.63, 3.8) is 0 Å². The molecule has 5 heteroatoms. The summed E-state index contributed by atoms with van der Waals surface area (Å²) in [5.74, 6) is 0. The molecule has 0 bridgehead atoms. The quantitative estimate of drug-likeness (QED) is 0.177. The van der Waals surface area contributed by atoms with Gasteiger partial charge in [0.25, 0.3) is 0 Å². The van der Waals surface area contributed by atoms with E-state index in [4.69, 9.17) is 10.3 Å². The van der Waals surface area contributed by atoms with Gasteiger partial charge in [-0.15, -0.1) is 12.6 Å². The van der Waals surface area contributed by atoms with E-state index in [1.54, 1.807) is 0 Å². The Bertz CT molecular complexity index is 3170. The van der Waals surface area contributed by atoms with Gasteiger partial charge < -0.3 is 14.5 Å². The van der Waals surface area contributed by atoms with Crippen LogP contribution in [0.5, 0.6) is 0 Å². The molecule has 1 aliphatic carbocycles. The number of aromatic nitrogens is 4. The summed E-state index contributed by atoms with van der Waals surface area (Å²) < 4.78 is 4.65. The number of hydrogen-bond donors (Lipinski definition) is 0. The maximum Gasteiger partial charge on any atom is 0.0971 e. The average Bonchev–Trinajstić information content (AvgIpc) is 3.90. The van der Waals surface area contributed by atoms with Crippen LogP contribution in [-0.4, -0.2) is 25.6 Å². The van der Waals surface area contributed by atoms with Crippen molar-refractivity contribution < 1.29 is 0 Å². The third kappa shape index (κ3) is 4.51. The fourth-order valence-electron chi connectivity index (χ4n) is 9.58. The molecule has 6 aromatic carbocycles. The Labute approximate surface area is 329 Å². The van der Waals surface area contributed by atoms with Crippen LogP contribution in [0.15, 0.2) is 188 Å². The molecule has 5 heterocycles. The predicted molar refractivity (Wildman–Crippen MR) is 233 cm³/mol. The molecule has 57 heavy (non-hydrogen) atoms. The lowest BCUT2D eigenvalue weighted by molar-refractivity contribution is 0.767. The Balaban J connectivity index is 1.01. The number of nitrogens with zero attached hydrogens (tertiary/aromatic N) is 5. The molecule has 0 saturated heterocycles. The van der Waals surface area contributed by atoms with Crippen molar-refractivity contribution in [2.24, 2.45) is 0 Å². The van der Waals surface area contributed by atoms with Gasteiger partial charge in [0, 0.05) is 39.8 Å². The second kappa shape index (κ2) is 12.3. The molecule has 4 aromatic heterocycles. The highest BCUT2D eigenvalue weighted by molar-refractivity contribution is 6.09. The summed E-state index contributed by atoms with van der Waals surface area (Å²) in [4.78, 5) is 10.3. The SMILES string of the molecule is C1=Cc2c(c3ncccc3n2-c2ccc(-c3ccc(-n4c5ccccc5c5nc6c(cc54)C(c4ccccc4)(c4ccccc4)c4ccccc4-6)cc3)cc2)[N-]C1. The smallest absolute Gasteiger partial charge is 0.0971 e. The van der Waals surface area contributed by atoms with E-state index in [9.17, 15) is 0 Å². The highest BCUT2D eigenvalue weighted by Gasteiger charge is 2.47. The van der Waals surface area contributed by atoms with Gasteiger partial charge in [-0.2, -0.15) is 0 Å². The highest BCUT2D eigenvalue weighted by Crippen LogP contribution is 2.56. The number of fused-ring (bicyclic) bond motifs is 9. The van der Waals surface area contributed by atoms with Crippen LogP contribution in [0.25, 0.3) is 78.1 Å². The van der Waals surface area contributed by atoms with Crippen LogP contribution in [0.2, 0.25) is 0 Å². The number of para-hydroxylation sites is 1. The molecule has 0 amide bonds. The van der Waals surface area contributed by atoms with Gasteiger partial charge in [-0.1, -0.05) is 133 Å². The summed E-state index contributed by atoms with van der Waals surface area (Å²) in [6, 6.07) is 63.7. The van der Waals surface area contributed by atoms with Gasteiger partial charge in [-0.05, 0) is 82.4 Å². The zero-order chi connectivity index (χ0) is 37.5. The minimum Gasteiger partial charge on any atom is -0.678 e. The lowest BCUT2D eigenvalue weighted by Crippen LogP contribution is -2.28. The van der Waals surface area contributed by atoms with Gasteiger partial charge in [0.15, 0.2) is 0 Å². The Hall–Kier alpha value is -7.50. The topological polar surface area (TPSA) is 49.7 Å². The second-order valence-electron chi connectivity index (χ2n) is 14.9. The van der Waals surface area contributed by atoms with Gasteiger partial charge in [0.05, 0.1) is 38.7 Å². The zero-order valence-electron chi connectivity index (χ0n) is 30.9. The maximum atomic E-state index is 5.62. The lowest BCUT2D eigenvalue weighted by atomic mass is 9.68. The van der Waals surface area contributed by atoms with E-state index < -0.39 is 5.41 Å². The van der Waals surface area contributed by atoms with E-state index in [2.05, 4.69) is 196 Å². The first-order chi connectivity index (χ1) is 28.3. The van der Waals surface area contributed by atoms with E-state index in [1.807, 2.05) is 12.3 Å². The average molecular weight is 729 g/mol. The monoisotopic (exact) mass is 728 g/mol. The molecule has 1 aliphatic heterocycles. The minimum absolute atomic E-state index is 0.527. The summed E-state index contributed by atoms with van der Waals surface area (Å²) in [7, 11) is 0. The summed E-state index contributed by atoms with van der Waals surface area (Å²) in [6.07, 6.45) is 6.12. The van der Waals surface area contributed by atoms with Gasteiger partial charge in [0.1, 0.15) is 0 Å². The Kier molecular flexibility index (Phi) is 6.84. The zero-order valence-corrected chi connectivity index (χ0v) is 30.9. The molecule has 0 spiro atoms. The van der Waals surface area contributed by atoms with Crippen molar-refractivity contribution >= 4 is 44.7 Å². The maximum absolute atomic E-state index is 5.62. The van der Waals surface area contributed by atoms with E-state index >= 15 is 0 Å². The molecular weight excluding hydrogens is 695 g/mol. The van der Waals surface area contributed by atoms with Crippen LogP contribution in [0.3, 0.4) is 0 Å². The Morgan fingerprint density at radius 2 is 1.16 bits per heavy atom. The number of rotatable bonds is 5. The first-order valence-corrected chi connectivity index (χ1v) is 19.5. The molecule has 10 aromatic rings. The first kappa shape index (κ1) is 31.8. The molecule has 268 valence electrons. The summed E-state index contributed by atoms with van der Waals surface area (Å²) >= 11 is 0. The van der Waals surface area contributed by atoms with Crippen LogP contribution >= 0.6 is 0 Å². The summed E-state index contributed by atoms with van der Waals surface area (Å²) in [5, 5.41) is 5.93. The molecule has 12 rings (SSSR count). The molecule has 0 fully saturated rings. The largest absolute Gasteiger partial charge is 0.678 e. The molecule has 5 nitrogen and oxygen atoms in total. The normalized spacial score (nSPS) is 13.8. The second-order valence-corrected chi connectivity index (χ2v) is 14.9. The van der Waals surface area contributed by atoms with Crippen LogP contribution in [0.4, 0.5) is 5.69 Å². The number of pyridine rings is 2. The number of benzene rings is 6. The third-order valence-corrected chi connectivity index (χ3v) is 12.0.